The summed E-state index contributed by atoms with van der Waals surface area (Å²) in [6.07, 6.45) is 3.73. The highest BCUT2D eigenvalue weighted by Crippen LogP contribution is 2.43. The molecule has 0 amide bonds. The second-order valence-corrected chi connectivity index (χ2v) is 6.75. The zero-order valence-electron chi connectivity index (χ0n) is 13.1. The molecule has 0 nitrogen and oxygen atoms in total. The molecule has 0 saturated heterocycles. The van der Waals surface area contributed by atoms with E-state index in [2.05, 4.69) is 71.9 Å². The van der Waals surface area contributed by atoms with Gasteiger partial charge in [0.2, 0.25) is 0 Å². The summed E-state index contributed by atoms with van der Waals surface area (Å²) in [6, 6.07) is 11.0. The Labute approximate surface area is 114 Å². The van der Waals surface area contributed by atoms with Crippen molar-refractivity contribution in [3.05, 3.63) is 35.9 Å². The summed E-state index contributed by atoms with van der Waals surface area (Å²) in [6.45, 7) is 14.3. The van der Waals surface area contributed by atoms with Gasteiger partial charge in [0.25, 0.3) is 0 Å². The largest absolute Gasteiger partial charge is 0.0651 e. The van der Waals surface area contributed by atoms with E-state index in [1.54, 1.807) is 0 Å². The van der Waals surface area contributed by atoms with Crippen molar-refractivity contribution in [1.82, 2.24) is 0 Å². The highest BCUT2D eigenvalue weighted by molar-refractivity contribution is 5.24. The van der Waals surface area contributed by atoms with Crippen molar-refractivity contribution in [3.8, 4) is 0 Å². The minimum absolute atomic E-state index is 0.300. The van der Waals surface area contributed by atoms with Crippen molar-refractivity contribution in [2.45, 2.75) is 66.2 Å². The summed E-state index contributed by atoms with van der Waals surface area (Å²) in [5, 5.41) is 0. The van der Waals surface area contributed by atoms with Crippen molar-refractivity contribution in [2.24, 2.45) is 11.3 Å². The summed E-state index contributed by atoms with van der Waals surface area (Å²) in [5.74, 6) is 0.770. The van der Waals surface area contributed by atoms with Crippen LogP contribution in [0.15, 0.2) is 30.3 Å². The Kier molecular flexibility index (Phi) is 5.01. The number of rotatable bonds is 6. The molecule has 0 aliphatic rings. The molecule has 0 N–H and O–H groups in total. The lowest BCUT2D eigenvalue weighted by atomic mass is 9.64. The minimum Gasteiger partial charge on any atom is -0.0651 e. The molecule has 2 unspecified atom stereocenters. The maximum atomic E-state index is 2.43. The Balaban J connectivity index is 2.97. The van der Waals surface area contributed by atoms with E-state index in [1.807, 2.05) is 0 Å². The first-order chi connectivity index (χ1) is 8.35. The van der Waals surface area contributed by atoms with Crippen LogP contribution in [0.2, 0.25) is 0 Å². The van der Waals surface area contributed by atoms with E-state index in [-0.39, 0.29) is 0 Å². The van der Waals surface area contributed by atoms with Crippen LogP contribution in [0.25, 0.3) is 0 Å². The third-order valence-electron chi connectivity index (χ3n) is 5.04. The summed E-state index contributed by atoms with van der Waals surface area (Å²) in [7, 11) is 0. The number of hydrogen-bond acceptors (Lipinski definition) is 0. The predicted octanol–water partition coefficient (Wildman–Crippen LogP) is 5.82. The molecule has 0 heteroatoms. The second-order valence-electron chi connectivity index (χ2n) is 6.75. The van der Waals surface area contributed by atoms with Crippen molar-refractivity contribution in [1.29, 1.82) is 0 Å². The van der Waals surface area contributed by atoms with E-state index in [0.29, 0.717) is 10.8 Å². The Morgan fingerprint density at radius 1 is 1.00 bits per heavy atom. The first kappa shape index (κ1) is 15.3. The van der Waals surface area contributed by atoms with Gasteiger partial charge in [0.05, 0.1) is 0 Å². The second kappa shape index (κ2) is 5.91. The van der Waals surface area contributed by atoms with Gasteiger partial charge in [0.15, 0.2) is 0 Å². The Morgan fingerprint density at radius 3 is 2.00 bits per heavy atom. The third-order valence-corrected chi connectivity index (χ3v) is 5.04. The monoisotopic (exact) mass is 246 g/mol. The molecular weight excluding hydrogens is 216 g/mol. The standard InChI is InChI=1S/C18H30/c1-7-15(3)17(4,5)14-18(6,8-2)16-12-10-9-11-13-16/h9-13,15H,7-8,14H2,1-6H3. The van der Waals surface area contributed by atoms with Crippen molar-refractivity contribution in [2.75, 3.05) is 0 Å². The van der Waals surface area contributed by atoms with Gasteiger partial charge in [0.1, 0.15) is 0 Å². The van der Waals surface area contributed by atoms with Gasteiger partial charge in [-0.25, -0.2) is 0 Å². The quantitative estimate of drug-likeness (QED) is 0.593. The van der Waals surface area contributed by atoms with Crippen LogP contribution in [-0.4, -0.2) is 0 Å². The lowest BCUT2D eigenvalue weighted by molar-refractivity contribution is 0.154. The zero-order valence-corrected chi connectivity index (χ0v) is 13.1. The lowest BCUT2D eigenvalue weighted by Gasteiger charge is -2.41. The Hall–Kier alpha value is -0.780. The van der Waals surface area contributed by atoms with Crippen molar-refractivity contribution >= 4 is 0 Å². The zero-order chi connectivity index (χ0) is 13.8. The fraction of sp³-hybridized carbons (Fsp3) is 0.667. The van der Waals surface area contributed by atoms with Gasteiger partial charge in [-0.15, -0.1) is 0 Å². The maximum Gasteiger partial charge on any atom is -0.00727 e. The van der Waals surface area contributed by atoms with Gasteiger partial charge in [-0.1, -0.05) is 78.3 Å². The normalized spacial score (nSPS) is 17.2. The van der Waals surface area contributed by atoms with Gasteiger partial charge < -0.3 is 0 Å². The van der Waals surface area contributed by atoms with E-state index in [0.717, 1.165) is 5.92 Å². The SMILES string of the molecule is CCC(C)C(C)(C)CC(C)(CC)c1ccccc1. The molecule has 0 spiro atoms. The topological polar surface area (TPSA) is 0 Å². The molecule has 1 aromatic rings. The molecule has 102 valence electrons. The third kappa shape index (κ3) is 3.37. The summed E-state index contributed by atoms with van der Waals surface area (Å²) >= 11 is 0. The molecule has 0 saturated carbocycles. The minimum atomic E-state index is 0.300. The number of hydrogen-bond donors (Lipinski definition) is 0. The van der Waals surface area contributed by atoms with Crippen LogP contribution < -0.4 is 0 Å². The van der Waals surface area contributed by atoms with Crippen LogP contribution in [0.4, 0.5) is 0 Å². The van der Waals surface area contributed by atoms with Crippen molar-refractivity contribution < 1.29 is 0 Å². The van der Waals surface area contributed by atoms with Crippen LogP contribution in [0.1, 0.15) is 66.4 Å². The molecule has 0 fully saturated rings. The van der Waals surface area contributed by atoms with Gasteiger partial charge in [0, 0.05) is 0 Å². The summed E-state index contributed by atoms with van der Waals surface area (Å²) in [4.78, 5) is 0. The maximum absolute atomic E-state index is 2.43. The molecule has 0 bridgehead atoms. The lowest BCUT2D eigenvalue weighted by Crippen LogP contribution is -2.33. The Bertz CT molecular complexity index is 350. The molecule has 0 radical (unpaired) electrons. The molecule has 0 heterocycles. The predicted molar refractivity (Wildman–Crippen MR) is 81.9 cm³/mol. The van der Waals surface area contributed by atoms with Crippen LogP contribution in [-0.2, 0) is 5.41 Å². The number of benzene rings is 1. The van der Waals surface area contributed by atoms with E-state index in [1.165, 1.54) is 24.8 Å². The Morgan fingerprint density at radius 2 is 1.56 bits per heavy atom. The molecule has 2 atom stereocenters. The van der Waals surface area contributed by atoms with Gasteiger partial charge >= 0.3 is 0 Å². The van der Waals surface area contributed by atoms with E-state index >= 15 is 0 Å². The fourth-order valence-electron chi connectivity index (χ4n) is 3.00. The van der Waals surface area contributed by atoms with E-state index in [4.69, 9.17) is 0 Å². The molecule has 0 aliphatic carbocycles. The van der Waals surface area contributed by atoms with Crippen LogP contribution in [0.5, 0.6) is 0 Å². The molecular formula is C18H30. The molecule has 1 rings (SSSR count). The molecule has 0 aliphatic heterocycles. The smallest absolute Gasteiger partial charge is 0.00727 e. The van der Waals surface area contributed by atoms with Crippen LogP contribution in [0.3, 0.4) is 0 Å². The first-order valence-corrected chi connectivity index (χ1v) is 7.41. The molecule has 0 aromatic heterocycles. The van der Waals surface area contributed by atoms with Gasteiger partial charge in [-0.2, -0.15) is 0 Å². The average molecular weight is 246 g/mol. The average Bonchev–Trinajstić information content (AvgIpc) is 2.38. The summed E-state index contributed by atoms with van der Waals surface area (Å²) in [5.41, 5.74) is 2.19. The van der Waals surface area contributed by atoms with E-state index in [9.17, 15) is 0 Å². The van der Waals surface area contributed by atoms with Gasteiger partial charge in [-0.3, -0.25) is 0 Å². The highest BCUT2D eigenvalue weighted by Gasteiger charge is 2.35. The highest BCUT2D eigenvalue weighted by atomic mass is 14.4. The summed E-state index contributed by atoms with van der Waals surface area (Å²) < 4.78 is 0. The van der Waals surface area contributed by atoms with Crippen molar-refractivity contribution in [3.63, 3.8) is 0 Å². The van der Waals surface area contributed by atoms with Crippen LogP contribution >= 0.6 is 0 Å². The van der Waals surface area contributed by atoms with E-state index < -0.39 is 0 Å². The van der Waals surface area contributed by atoms with Crippen LogP contribution in [0, 0.1) is 11.3 Å². The molecule has 1 aromatic carbocycles. The first-order valence-electron chi connectivity index (χ1n) is 7.41. The molecule has 18 heavy (non-hydrogen) atoms. The fourth-order valence-corrected chi connectivity index (χ4v) is 3.00. The van der Waals surface area contributed by atoms with Gasteiger partial charge in [-0.05, 0) is 35.2 Å².